The fourth-order valence-corrected chi connectivity index (χ4v) is 1.62. The van der Waals surface area contributed by atoms with Gasteiger partial charge in [0.15, 0.2) is 0 Å². The van der Waals surface area contributed by atoms with Crippen molar-refractivity contribution in [3.8, 4) is 0 Å². The number of aromatic nitrogens is 2. The molecule has 1 aromatic rings. The second kappa shape index (κ2) is 5.48. The number of nitrogens with zero attached hydrogens (tertiary/aromatic N) is 2. The van der Waals surface area contributed by atoms with Crippen LogP contribution in [0.15, 0.2) is 6.07 Å². The van der Waals surface area contributed by atoms with E-state index in [-0.39, 0.29) is 5.54 Å². The van der Waals surface area contributed by atoms with Gasteiger partial charge in [-0.3, -0.25) is 0 Å². The summed E-state index contributed by atoms with van der Waals surface area (Å²) in [6.07, 6.45) is 2.89. The Morgan fingerprint density at radius 1 is 1.25 bits per heavy atom. The number of nitrogens with one attached hydrogen (secondary N) is 1. The number of hydrogen-bond acceptors (Lipinski definition) is 3. The quantitative estimate of drug-likeness (QED) is 0.800. The Morgan fingerprint density at radius 3 is 2.38 bits per heavy atom. The normalized spacial score (nSPS) is 11.6. The molecule has 90 valence electrons. The summed E-state index contributed by atoms with van der Waals surface area (Å²) in [5.74, 6) is 1.60. The Bertz CT molecular complexity index is 348. The SMILES string of the molecule is CCc1nc(Cl)cc(NC(C)(CC)CC)n1. The standard InChI is InChI=1S/C12H20ClN3/c1-5-10-14-9(13)8-11(15-10)16-12(4,6-2)7-3/h8H,5-7H2,1-4H3,(H,14,15,16). The molecule has 1 heterocycles. The molecule has 0 fully saturated rings. The van der Waals surface area contributed by atoms with Crippen LogP contribution in [0.5, 0.6) is 0 Å². The Balaban J connectivity index is 2.92. The largest absolute Gasteiger partial charge is 0.365 e. The van der Waals surface area contributed by atoms with E-state index in [2.05, 4.69) is 36.1 Å². The first-order chi connectivity index (χ1) is 7.53. The zero-order valence-electron chi connectivity index (χ0n) is 10.5. The van der Waals surface area contributed by atoms with Gasteiger partial charge in [0.1, 0.15) is 16.8 Å². The van der Waals surface area contributed by atoms with Gasteiger partial charge in [0, 0.05) is 18.0 Å². The average Bonchev–Trinajstić information content (AvgIpc) is 2.28. The van der Waals surface area contributed by atoms with Crippen LogP contribution in [-0.4, -0.2) is 15.5 Å². The summed E-state index contributed by atoms with van der Waals surface area (Å²) in [5.41, 5.74) is 0.0721. The van der Waals surface area contributed by atoms with E-state index >= 15 is 0 Å². The fraction of sp³-hybridized carbons (Fsp3) is 0.667. The van der Waals surface area contributed by atoms with Gasteiger partial charge < -0.3 is 5.32 Å². The molecular formula is C12H20ClN3. The van der Waals surface area contributed by atoms with Crippen molar-refractivity contribution in [2.45, 2.75) is 52.5 Å². The Hall–Kier alpha value is -0.830. The lowest BCUT2D eigenvalue weighted by atomic mass is 9.96. The Labute approximate surface area is 103 Å². The molecule has 0 saturated carbocycles. The van der Waals surface area contributed by atoms with Crippen LogP contribution in [-0.2, 0) is 6.42 Å². The van der Waals surface area contributed by atoms with Crippen molar-refractivity contribution in [2.75, 3.05) is 5.32 Å². The predicted octanol–water partition coefficient (Wildman–Crippen LogP) is 3.68. The minimum absolute atomic E-state index is 0.0721. The third-order valence-corrected chi connectivity index (χ3v) is 3.24. The summed E-state index contributed by atoms with van der Waals surface area (Å²) in [5, 5.41) is 3.94. The van der Waals surface area contributed by atoms with Crippen LogP contribution in [0.3, 0.4) is 0 Å². The highest BCUT2D eigenvalue weighted by Crippen LogP contribution is 2.21. The number of halogens is 1. The van der Waals surface area contributed by atoms with Crippen LogP contribution < -0.4 is 5.32 Å². The summed E-state index contributed by atoms with van der Waals surface area (Å²) in [6, 6.07) is 1.78. The first kappa shape index (κ1) is 13.2. The molecule has 1 aromatic heterocycles. The van der Waals surface area contributed by atoms with E-state index in [1.165, 1.54) is 0 Å². The molecule has 0 saturated heterocycles. The van der Waals surface area contributed by atoms with Crippen molar-refractivity contribution < 1.29 is 0 Å². The van der Waals surface area contributed by atoms with Gasteiger partial charge in [0.2, 0.25) is 0 Å². The monoisotopic (exact) mass is 241 g/mol. The van der Waals surface area contributed by atoms with Gasteiger partial charge in [-0.05, 0) is 19.8 Å². The van der Waals surface area contributed by atoms with Crippen LogP contribution >= 0.6 is 11.6 Å². The van der Waals surface area contributed by atoms with Gasteiger partial charge in [0.25, 0.3) is 0 Å². The molecule has 0 spiro atoms. The molecule has 1 N–H and O–H groups in total. The lowest BCUT2D eigenvalue weighted by Crippen LogP contribution is -2.33. The first-order valence-corrected chi connectivity index (χ1v) is 6.22. The summed E-state index contributed by atoms with van der Waals surface area (Å²) in [7, 11) is 0. The molecule has 0 bridgehead atoms. The maximum absolute atomic E-state index is 5.95. The molecule has 4 heteroatoms. The molecule has 0 unspecified atom stereocenters. The summed E-state index contributed by atoms with van der Waals surface area (Å²) >= 11 is 5.95. The maximum Gasteiger partial charge on any atom is 0.134 e. The zero-order valence-corrected chi connectivity index (χ0v) is 11.2. The van der Waals surface area contributed by atoms with Crippen LogP contribution in [0.1, 0.15) is 46.4 Å². The number of hydrogen-bond donors (Lipinski definition) is 1. The van der Waals surface area contributed by atoms with Crippen molar-refractivity contribution in [3.05, 3.63) is 17.0 Å². The van der Waals surface area contributed by atoms with E-state index in [0.29, 0.717) is 5.15 Å². The van der Waals surface area contributed by atoms with Gasteiger partial charge in [-0.2, -0.15) is 0 Å². The lowest BCUT2D eigenvalue weighted by molar-refractivity contribution is 0.476. The molecule has 0 atom stereocenters. The molecule has 1 rings (SSSR count). The third-order valence-electron chi connectivity index (χ3n) is 3.05. The van der Waals surface area contributed by atoms with Crippen molar-refractivity contribution >= 4 is 17.4 Å². The van der Waals surface area contributed by atoms with Crippen LogP contribution in [0.25, 0.3) is 0 Å². The van der Waals surface area contributed by atoms with E-state index < -0.39 is 0 Å². The van der Waals surface area contributed by atoms with Crippen molar-refractivity contribution in [3.63, 3.8) is 0 Å². The van der Waals surface area contributed by atoms with E-state index in [1.54, 1.807) is 6.07 Å². The zero-order chi connectivity index (χ0) is 12.2. The summed E-state index contributed by atoms with van der Waals surface area (Å²) < 4.78 is 0. The maximum atomic E-state index is 5.95. The minimum Gasteiger partial charge on any atom is -0.365 e. The van der Waals surface area contributed by atoms with Crippen molar-refractivity contribution in [1.82, 2.24) is 9.97 Å². The highest BCUT2D eigenvalue weighted by molar-refractivity contribution is 6.29. The van der Waals surface area contributed by atoms with E-state index in [4.69, 9.17) is 11.6 Å². The molecular weight excluding hydrogens is 222 g/mol. The molecule has 0 aliphatic heterocycles. The lowest BCUT2D eigenvalue weighted by Gasteiger charge is -2.29. The van der Waals surface area contributed by atoms with Crippen LogP contribution in [0, 0.1) is 0 Å². The summed E-state index contributed by atoms with van der Waals surface area (Å²) in [6.45, 7) is 8.54. The van der Waals surface area contributed by atoms with Gasteiger partial charge in [-0.25, -0.2) is 9.97 Å². The summed E-state index contributed by atoms with van der Waals surface area (Å²) in [4.78, 5) is 8.57. The molecule has 3 nitrogen and oxygen atoms in total. The Morgan fingerprint density at radius 2 is 1.88 bits per heavy atom. The predicted molar refractivity (Wildman–Crippen MR) is 69.0 cm³/mol. The molecule has 0 aliphatic carbocycles. The van der Waals surface area contributed by atoms with Crippen molar-refractivity contribution in [1.29, 1.82) is 0 Å². The number of anilines is 1. The van der Waals surface area contributed by atoms with E-state index in [9.17, 15) is 0 Å². The van der Waals surface area contributed by atoms with Crippen LogP contribution in [0.2, 0.25) is 5.15 Å². The molecule has 0 aromatic carbocycles. The molecule has 0 radical (unpaired) electrons. The number of aryl methyl sites for hydroxylation is 1. The average molecular weight is 242 g/mol. The highest BCUT2D eigenvalue weighted by Gasteiger charge is 2.19. The van der Waals surface area contributed by atoms with Crippen molar-refractivity contribution in [2.24, 2.45) is 0 Å². The highest BCUT2D eigenvalue weighted by atomic mass is 35.5. The van der Waals surface area contributed by atoms with Gasteiger partial charge in [0.05, 0.1) is 0 Å². The fourth-order valence-electron chi connectivity index (χ4n) is 1.42. The second-order valence-electron chi connectivity index (χ2n) is 4.24. The molecule has 16 heavy (non-hydrogen) atoms. The van der Waals surface area contributed by atoms with E-state index in [1.807, 2.05) is 6.92 Å². The minimum atomic E-state index is 0.0721. The Kier molecular flexibility index (Phi) is 4.54. The van der Waals surface area contributed by atoms with Crippen LogP contribution in [0.4, 0.5) is 5.82 Å². The smallest absolute Gasteiger partial charge is 0.134 e. The molecule has 0 aliphatic rings. The second-order valence-corrected chi connectivity index (χ2v) is 4.63. The van der Waals surface area contributed by atoms with Gasteiger partial charge in [-0.1, -0.05) is 32.4 Å². The van der Waals surface area contributed by atoms with Gasteiger partial charge in [-0.15, -0.1) is 0 Å². The third kappa shape index (κ3) is 3.34. The topological polar surface area (TPSA) is 37.8 Å². The molecule has 0 amide bonds. The van der Waals surface area contributed by atoms with Gasteiger partial charge >= 0.3 is 0 Å². The first-order valence-electron chi connectivity index (χ1n) is 5.84. The van der Waals surface area contributed by atoms with E-state index in [0.717, 1.165) is 30.9 Å². The number of rotatable bonds is 5.